The summed E-state index contributed by atoms with van der Waals surface area (Å²) in [5, 5.41) is 0. The zero-order valence-electron chi connectivity index (χ0n) is 10.1. The van der Waals surface area contributed by atoms with E-state index in [9.17, 15) is 26.3 Å². The van der Waals surface area contributed by atoms with Crippen molar-refractivity contribution in [2.75, 3.05) is 0 Å². The molecule has 0 aliphatic heterocycles. The molecule has 2 nitrogen and oxygen atoms in total. The molecule has 2 aromatic rings. The van der Waals surface area contributed by atoms with Crippen molar-refractivity contribution in [3.8, 4) is 11.5 Å². The number of halogens is 6. The van der Waals surface area contributed by atoms with Gasteiger partial charge >= 0.3 is 122 Å². The van der Waals surface area contributed by atoms with E-state index in [4.69, 9.17) is 0 Å². The second-order valence-electron chi connectivity index (χ2n) is 3.80. The van der Waals surface area contributed by atoms with E-state index < -0.39 is 64.3 Å². The van der Waals surface area contributed by atoms with E-state index in [0.29, 0.717) is 24.3 Å². The summed E-state index contributed by atoms with van der Waals surface area (Å²) in [6.07, 6.45) is 0. The first-order chi connectivity index (χ1) is 9.88. The van der Waals surface area contributed by atoms with Crippen LogP contribution < -0.4 is 7.13 Å². The second kappa shape index (κ2) is 6.34. The summed E-state index contributed by atoms with van der Waals surface area (Å²) in [4.78, 5) is 0. The first kappa shape index (κ1) is 15.6. The Bertz CT molecular complexity index is 575. The van der Waals surface area contributed by atoms with Crippen LogP contribution in [0, 0.1) is 34.9 Å². The summed E-state index contributed by atoms with van der Waals surface area (Å²) in [6, 6.07) is 1.55. The Morgan fingerprint density at radius 1 is 0.571 bits per heavy atom. The molecular formula is C12H4F6O2Zn. The number of benzene rings is 2. The molecule has 0 aliphatic carbocycles. The molecule has 0 heterocycles. The number of hydrogen-bond acceptors (Lipinski definition) is 2. The van der Waals surface area contributed by atoms with Gasteiger partial charge in [-0.2, -0.15) is 0 Å². The predicted octanol–water partition coefficient (Wildman–Crippen LogP) is 3.89. The van der Waals surface area contributed by atoms with Crippen molar-refractivity contribution in [2.24, 2.45) is 0 Å². The fraction of sp³-hybridized carbons (Fsp3) is 0. The number of rotatable bonds is 4. The Labute approximate surface area is 122 Å². The fourth-order valence-corrected chi connectivity index (χ4v) is 3.26. The van der Waals surface area contributed by atoms with Crippen molar-refractivity contribution in [1.29, 1.82) is 0 Å². The second-order valence-corrected chi connectivity index (χ2v) is 5.51. The van der Waals surface area contributed by atoms with Crippen molar-refractivity contribution in [2.45, 2.75) is 0 Å². The molecule has 0 amide bonds. The molecule has 0 N–H and O–H groups in total. The van der Waals surface area contributed by atoms with Gasteiger partial charge in [0.25, 0.3) is 0 Å². The van der Waals surface area contributed by atoms with Crippen LogP contribution in [0.1, 0.15) is 0 Å². The molecule has 0 fully saturated rings. The van der Waals surface area contributed by atoms with E-state index in [1.807, 2.05) is 0 Å². The van der Waals surface area contributed by atoms with Gasteiger partial charge in [-0.1, -0.05) is 0 Å². The topological polar surface area (TPSA) is 18.5 Å². The van der Waals surface area contributed by atoms with Crippen LogP contribution in [0.4, 0.5) is 26.3 Å². The first-order valence-corrected chi connectivity index (χ1v) is 7.85. The Hall–Kier alpha value is -1.76. The van der Waals surface area contributed by atoms with Gasteiger partial charge in [-0.3, -0.25) is 0 Å². The van der Waals surface area contributed by atoms with Crippen molar-refractivity contribution in [1.82, 2.24) is 0 Å². The van der Waals surface area contributed by atoms with Crippen molar-refractivity contribution < 1.29 is 51.3 Å². The monoisotopic (exact) mass is 358 g/mol. The zero-order valence-corrected chi connectivity index (χ0v) is 13.1. The predicted molar refractivity (Wildman–Crippen MR) is 53.9 cm³/mol. The van der Waals surface area contributed by atoms with Crippen LogP contribution in [0.3, 0.4) is 0 Å². The summed E-state index contributed by atoms with van der Waals surface area (Å²) < 4.78 is 87.6. The summed E-state index contributed by atoms with van der Waals surface area (Å²) in [6.45, 7) is 0. The van der Waals surface area contributed by atoms with Gasteiger partial charge in [0.1, 0.15) is 0 Å². The van der Waals surface area contributed by atoms with Crippen molar-refractivity contribution in [3.05, 3.63) is 59.2 Å². The molecule has 9 heteroatoms. The van der Waals surface area contributed by atoms with E-state index in [-0.39, 0.29) is 0 Å². The summed E-state index contributed by atoms with van der Waals surface area (Å²) in [5.41, 5.74) is 0. The average Bonchev–Trinajstić information content (AvgIpc) is 2.34. The average molecular weight is 360 g/mol. The third kappa shape index (κ3) is 3.66. The van der Waals surface area contributed by atoms with Gasteiger partial charge in [-0.25, -0.2) is 0 Å². The molecule has 0 aliphatic rings. The molecule has 21 heavy (non-hydrogen) atoms. The molecule has 0 bridgehead atoms. The minimum atomic E-state index is -2.76. The zero-order chi connectivity index (χ0) is 15.6. The van der Waals surface area contributed by atoms with E-state index in [0.717, 1.165) is 0 Å². The third-order valence-corrected chi connectivity index (χ3v) is 4.04. The Morgan fingerprint density at radius 2 is 0.857 bits per heavy atom. The molecular weight excluding hydrogens is 356 g/mol. The van der Waals surface area contributed by atoms with E-state index in [1.165, 1.54) is 0 Å². The van der Waals surface area contributed by atoms with Crippen LogP contribution in [0.25, 0.3) is 0 Å². The van der Waals surface area contributed by atoms with Gasteiger partial charge in [-0.15, -0.1) is 0 Å². The van der Waals surface area contributed by atoms with Crippen LogP contribution in [0.5, 0.6) is 11.5 Å². The Balaban J connectivity index is 2.09. The van der Waals surface area contributed by atoms with E-state index in [1.54, 1.807) is 0 Å². The molecule has 0 saturated carbocycles. The van der Waals surface area contributed by atoms with Crippen molar-refractivity contribution in [3.63, 3.8) is 0 Å². The SMILES string of the molecule is Fc1cc(F)c([O][Zn][O]c2c(F)cc(F)cc2F)c(F)c1. The van der Waals surface area contributed by atoms with Crippen LogP contribution in [0.2, 0.25) is 0 Å². The maximum absolute atomic E-state index is 13.2. The minimum absolute atomic E-state index is 0.389. The molecule has 0 spiro atoms. The first-order valence-electron chi connectivity index (χ1n) is 5.43. The van der Waals surface area contributed by atoms with E-state index >= 15 is 0 Å². The van der Waals surface area contributed by atoms with Gasteiger partial charge in [0.15, 0.2) is 0 Å². The summed E-state index contributed by atoms with van der Waals surface area (Å²) in [5.74, 6) is -9.27. The molecule has 2 rings (SSSR count). The van der Waals surface area contributed by atoms with Crippen LogP contribution >= 0.6 is 0 Å². The standard InChI is InChI=1S/2C6H3F3O.Zn/c2*7-3-1-4(8)6(10)5(9)2-3;/h2*1-2,10H;/q;;+2/p-2. The fourth-order valence-electron chi connectivity index (χ4n) is 1.48. The maximum atomic E-state index is 13.2. The van der Waals surface area contributed by atoms with Gasteiger partial charge in [-0.05, 0) is 0 Å². The molecule has 0 aromatic heterocycles. The van der Waals surface area contributed by atoms with Crippen LogP contribution in [0.15, 0.2) is 24.3 Å². The van der Waals surface area contributed by atoms with Crippen molar-refractivity contribution >= 4 is 0 Å². The Morgan fingerprint density at radius 3 is 1.14 bits per heavy atom. The van der Waals surface area contributed by atoms with Gasteiger partial charge in [0, 0.05) is 0 Å². The molecule has 0 atom stereocenters. The van der Waals surface area contributed by atoms with E-state index in [2.05, 4.69) is 7.13 Å². The summed E-state index contributed by atoms with van der Waals surface area (Å²) in [7, 11) is 0. The van der Waals surface area contributed by atoms with Gasteiger partial charge < -0.3 is 0 Å². The van der Waals surface area contributed by atoms with Gasteiger partial charge in [0.2, 0.25) is 0 Å². The van der Waals surface area contributed by atoms with Crippen LogP contribution in [-0.4, -0.2) is 0 Å². The molecule has 0 radical (unpaired) electrons. The normalized spacial score (nSPS) is 10.2. The molecule has 0 unspecified atom stereocenters. The quantitative estimate of drug-likeness (QED) is 0.609. The summed E-state index contributed by atoms with van der Waals surface area (Å²) >= 11 is -2.76. The molecule has 108 valence electrons. The molecule has 2 aromatic carbocycles. The molecule has 0 saturated heterocycles. The van der Waals surface area contributed by atoms with Gasteiger partial charge in [0.05, 0.1) is 0 Å². The third-order valence-electron chi connectivity index (χ3n) is 2.33. The Kier molecular flexibility index (Phi) is 4.72. The van der Waals surface area contributed by atoms with Crippen LogP contribution in [-0.2, 0) is 17.8 Å². The number of hydrogen-bond donors (Lipinski definition) is 0.